The van der Waals surface area contributed by atoms with Gasteiger partial charge in [0.1, 0.15) is 0 Å². The maximum absolute atomic E-state index is 6.40. The Bertz CT molecular complexity index is 336. The Hall–Kier alpha value is 0.390. The van der Waals surface area contributed by atoms with Crippen molar-refractivity contribution in [2.24, 2.45) is 17.6 Å². The fourth-order valence-corrected chi connectivity index (χ4v) is 4.22. The largest absolute Gasteiger partial charge is 0.324 e. The van der Waals surface area contributed by atoms with Crippen LogP contribution in [0.25, 0.3) is 0 Å². The summed E-state index contributed by atoms with van der Waals surface area (Å²) < 4.78 is 1.35. The van der Waals surface area contributed by atoms with Crippen molar-refractivity contribution in [3.63, 3.8) is 0 Å². The first-order valence-corrected chi connectivity index (χ1v) is 8.16. The zero-order valence-corrected chi connectivity index (χ0v) is 12.8. The second kappa shape index (κ2) is 5.83. The summed E-state index contributed by atoms with van der Waals surface area (Å²) in [6.07, 6.45) is 6.78. The number of rotatable bonds is 3. The molecule has 0 saturated heterocycles. The highest BCUT2D eigenvalue weighted by Crippen LogP contribution is 2.38. The van der Waals surface area contributed by atoms with Gasteiger partial charge >= 0.3 is 0 Å². The Morgan fingerprint density at radius 2 is 2.38 bits per heavy atom. The van der Waals surface area contributed by atoms with Crippen LogP contribution in [0.1, 0.15) is 50.6 Å². The van der Waals surface area contributed by atoms with Crippen molar-refractivity contribution in [1.29, 1.82) is 0 Å². The van der Waals surface area contributed by atoms with Gasteiger partial charge in [-0.25, -0.2) is 0 Å². The van der Waals surface area contributed by atoms with E-state index in [2.05, 4.69) is 41.0 Å². The first-order chi connectivity index (χ1) is 7.70. The molecule has 90 valence electrons. The fourth-order valence-electron chi connectivity index (χ4n) is 2.80. The van der Waals surface area contributed by atoms with E-state index in [1.807, 2.05) is 11.3 Å². The summed E-state index contributed by atoms with van der Waals surface area (Å²) in [5.41, 5.74) is 7.76. The van der Waals surface area contributed by atoms with Gasteiger partial charge in [-0.15, -0.1) is 11.3 Å². The zero-order chi connectivity index (χ0) is 11.5. The molecule has 3 atom stereocenters. The second-order valence-electron chi connectivity index (χ2n) is 4.91. The van der Waals surface area contributed by atoms with Crippen LogP contribution < -0.4 is 5.73 Å². The average Bonchev–Trinajstić information content (AvgIpc) is 2.75. The van der Waals surface area contributed by atoms with Crippen LogP contribution in [0.15, 0.2) is 11.4 Å². The average molecular weight is 349 g/mol. The molecule has 1 aliphatic carbocycles. The maximum atomic E-state index is 6.40. The molecule has 0 aromatic carbocycles. The normalized spacial score (nSPS) is 27.9. The molecule has 2 N–H and O–H groups in total. The minimum absolute atomic E-state index is 0.272. The number of halogens is 1. The summed E-state index contributed by atoms with van der Waals surface area (Å²) in [6.45, 7) is 2.31. The van der Waals surface area contributed by atoms with Crippen molar-refractivity contribution >= 4 is 33.9 Å². The molecule has 1 fully saturated rings. The van der Waals surface area contributed by atoms with Gasteiger partial charge in [-0.3, -0.25) is 0 Å². The molecule has 2 rings (SSSR count). The quantitative estimate of drug-likeness (QED) is 0.795. The SMILES string of the molecule is CCC1CCCC(C(N)c2csc(I)c2)C1. The Morgan fingerprint density at radius 3 is 3.00 bits per heavy atom. The molecule has 1 heterocycles. The van der Waals surface area contributed by atoms with Crippen LogP contribution >= 0.6 is 33.9 Å². The maximum Gasteiger partial charge on any atom is 0.0656 e. The Kier molecular flexibility index (Phi) is 4.67. The Morgan fingerprint density at radius 1 is 1.56 bits per heavy atom. The van der Waals surface area contributed by atoms with Crippen LogP contribution in [0.2, 0.25) is 0 Å². The van der Waals surface area contributed by atoms with Crippen molar-refractivity contribution in [3.05, 3.63) is 19.9 Å². The van der Waals surface area contributed by atoms with Gasteiger partial charge in [0.05, 0.1) is 2.88 Å². The fraction of sp³-hybridized carbons (Fsp3) is 0.692. The molecule has 1 saturated carbocycles. The molecule has 1 aromatic rings. The lowest BCUT2D eigenvalue weighted by molar-refractivity contribution is 0.230. The molecule has 0 spiro atoms. The van der Waals surface area contributed by atoms with E-state index < -0.39 is 0 Å². The zero-order valence-electron chi connectivity index (χ0n) is 9.79. The van der Waals surface area contributed by atoms with E-state index in [1.54, 1.807) is 0 Å². The van der Waals surface area contributed by atoms with Gasteiger partial charge in [-0.2, -0.15) is 0 Å². The highest BCUT2D eigenvalue weighted by Gasteiger charge is 2.26. The van der Waals surface area contributed by atoms with E-state index in [0.29, 0.717) is 5.92 Å². The highest BCUT2D eigenvalue weighted by atomic mass is 127. The molecule has 0 radical (unpaired) electrons. The van der Waals surface area contributed by atoms with Crippen LogP contribution in [-0.4, -0.2) is 0 Å². The third kappa shape index (κ3) is 2.99. The van der Waals surface area contributed by atoms with Crippen LogP contribution in [-0.2, 0) is 0 Å². The molecule has 3 unspecified atom stereocenters. The number of hydrogen-bond acceptors (Lipinski definition) is 2. The molecule has 1 nitrogen and oxygen atoms in total. The number of hydrogen-bond donors (Lipinski definition) is 1. The molecule has 0 bridgehead atoms. The van der Waals surface area contributed by atoms with Crippen LogP contribution in [0.3, 0.4) is 0 Å². The van der Waals surface area contributed by atoms with Gasteiger partial charge in [0, 0.05) is 6.04 Å². The molecule has 1 aliphatic rings. The first kappa shape index (κ1) is 12.8. The lowest BCUT2D eigenvalue weighted by atomic mass is 9.76. The topological polar surface area (TPSA) is 26.0 Å². The summed E-state index contributed by atoms with van der Waals surface area (Å²) in [7, 11) is 0. The predicted molar refractivity (Wildman–Crippen MR) is 79.7 cm³/mol. The number of thiophene rings is 1. The van der Waals surface area contributed by atoms with Crippen molar-refractivity contribution in [2.45, 2.75) is 45.1 Å². The van der Waals surface area contributed by atoms with Crippen molar-refractivity contribution in [1.82, 2.24) is 0 Å². The first-order valence-electron chi connectivity index (χ1n) is 6.20. The minimum Gasteiger partial charge on any atom is -0.324 e. The minimum atomic E-state index is 0.272. The number of nitrogens with two attached hydrogens (primary N) is 1. The van der Waals surface area contributed by atoms with E-state index in [0.717, 1.165) is 5.92 Å². The summed E-state index contributed by atoms with van der Waals surface area (Å²) in [6, 6.07) is 2.53. The lowest BCUT2D eigenvalue weighted by Gasteiger charge is -2.32. The Labute approximate surface area is 116 Å². The third-order valence-electron chi connectivity index (χ3n) is 3.88. The molecule has 3 heteroatoms. The van der Waals surface area contributed by atoms with Gasteiger partial charge in [0.25, 0.3) is 0 Å². The highest BCUT2D eigenvalue weighted by molar-refractivity contribution is 14.1. The van der Waals surface area contributed by atoms with Gasteiger partial charge in [0.15, 0.2) is 0 Å². The van der Waals surface area contributed by atoms with Crippen LogP contribution in [0.4, 0.5) is 0 Å². The van der Waals surface area contributed by atoms with Crippen LogP contribution in [0.5, 0.6) is 0 Å². The summed E-state index contributed by atoms with van der Waals surface area (Å²) >= 11 is 4.19. The van der Waals surface area contributed by atoms with Gasteiger partial charge in [0.2, 0.25) is 0 Å². The van der Waals surface area contributed by atoms with E-state index >= 15 is 0 Å². The van der Waals surface area contributed by atoms with E-state index in [9.17, 15) is 0 Å². The van der Waals surface area contributed by atoms with E-state index in [-0.39, 0.29) is 6.04 Å². The van der Waals surface area contributed by atoms with E-state index in [4.69, 9.17) is 5.73 Å². The monoisotopic (exact) mass is 349 g/mol. The Balaban J connectivity index is 2.01. The lowest BCUT2D eigenvalue weighted by Crippen LogP contribution is -2.26. The van der Waals surface area contributed by atoms with Crippen molar-refractivity contribution in [3.8, 4) is 0 Å². The van der Waals surface area contributed by atoms with Gasteiger partial charge < -0.3 is 5.73 Å². The smallest absolute Gasteiger partial charge is 0.0656 e. The summed E-state index contributed by atoms with van der Waals surface area (Å²) in [5.74, 6) is 1.63. The van der Waals surface area contributed by atoms with Crippen LogP contribution in [0, 0.1) is 14.7 Å². The molecule has 0 amide bonds. The molecule has 16 heavy (non-hydrogen) atoms. The predicted octanol–water partition coefficient (Wildman–Crippen LogP) is 4.57. The summed E-state index contributed by atoms with van der Waals surface area (Å²) in [4.78, 5) is 0. The molecular formula is C13H20INS. The van der Waals surface area contributed by atoms with Crippen molar-refractivity contribution in [2.75, 3.05) is 0 Å². The second-order valence-corrected chi connectivity index (χ2v) is 7.72. The van der Waals surface area contributed by atoms with Gasteiger partial charge in [-0.1, -0.05) is 26.2 Å². The van der Waals surface area contributed by atoms with E-state index in [1.165, 1.54) is 40.6 Å². The summed E-state index contributed by atoms with van der Waals surface area (Å²) in [5, 5.41) is 2.24. The standard InChI is InChI=1S/C13H20INS/c1-2-9-4-3-5-10(6-9)13(15)11-7-12(14)16-8-11/h7-10,13H,2-6,15H2,1H3. The molecule has 1 aromatic heterocycles. The third-order valence-corrected chi connectivity index (χ3v) is 5.69. The molecular weight excluding hydrogens is 329 g/mol. The molecule has 0 aliphatic heterocycles. The van der Waals surface area contributed by atoms with Gasteiger partial charge in [-0.05, 0) is 64.3 Å². The van der Waals surface area contributed by atoms with Crippen molar-refractivity contribution < 1.29 is 0 Å².